The third-order valence-electron chi connectivity index (χ3n) is 9.08. The van der Waals surface area contributed by atoms with Gasteiger partial charge in [0, 0.05) is 44.9 Å². The van der Waals surface area contributed by atoms with Crippen LogP contribution in [0, 0.1) is 0 Å². The molecule has 2 aromatic heterocycles. The SMILES string of the molecule is CC1(C)c2ccccc2-c2ccc(N(c3ccccc3)c3ccc4oc5cc6oc(-c7ccccc7)nc6cc5c4c3)cc21. The number of hydrogen-bond acceptors (Lipinski definition) is 4. The van der Waals surface area contributed by atoms with Gasteiger partial charge in [-0.15, -0.1) is 0 Å². The number of para-hydroxylation sites is 1. The lowest BCUT2D eigenvalue weighted by Gasteiger charge is -2.28. The fraction of sp³-hybridized carbons (Fsp3) is 0.0750. The normalized spacial score (nSPS) is 13.4. The second kappa shape index (κ2) is 9.19. The number of aromatic nitrogens is 1. The predicted octanol–water partition coefficient (Wildman–Crippen LogP) is 11.2. The summed E-state index contributed by atoms with van der Waals surface area (Å²) in [5, 5.41) is 2.05. The van der Waals surface area contributed by atoms with Crippen molar-refractivity contribution in [3.05, 3.63) is 145 Å². The highest BCUT2D eigenvalue weighted by Gasteiger charge is 2.35. The molecule has 1 aliphatic rings. The van der Waals surface area contributed by atoms with E-state index >= 15 is 0 Å². The zero-order valence-corrected chi connectivity index (χ0v) is 24.4. The van der Waals surface area contributed by atoms with Crippen LogP contribution in [-0.4, -0.2) is 4.98 Å². The molecule has 0 atom stereocenters. The number of hydrogen-bond donors (Lipinski definition) is 0. The van der Waals surface area contributed by atoms with Crippen molar-refractivity contribution in [2.75, 3.05) is 4.90 Å². The zero-order valence-electron chi connectivity index (χ0n) is 24.4. The van der Waals surface area contributed by atoms with E-state index in [4.69, 9.17) is 13.8 Å². The number of nitrogens with zero attached hydrogens (tertiary/aromatic N) is 2. The first-order valence-corrected chi connectivity index (χ1v) is 15.0. The van der Waals surface area contributed by atoms with Crippen LogP contribution < -0.4 is 4.90 Å². The van der Waals surface area contributed by atoms with Gasteiger partial charge in [0.2, 0.25) is 5.89 Å². The Morgan fingerprint density at radius 3 is 2.05 bits per heavy atom. The highest BCUT2D eigenvalue weighted by Crippen LogP contribution is 2.50. The van der Waals surface area contributed by atoms with Crippen LogP contribution >= 0.6 is 0 Å². The summed E-state index contributed by atoms with van der Waals surface area (Å²) >= 11 is 0. The first-order chi connectivity index (χ1) is 21.5. The maximum absolute atomic E-state index is 6.34. The molecular weight excluding hydrogens is 540 g/mol. The van der Waals surface area contributed by atoms with Gasteiger partial charge < -0.3 is 13.7 Å². The summed E-state index contributed by atoms with van der Waals surface area (Å²) in [6.07, 6.45) is 0. The zero-order chi connectivity index (χ0) is 29.4. The van der Waals surface area contributed by atoms with Gasteiger partial charge in [0.05, 0.1) is 0 Å². The lowest BCUT2D eigenvalue weighted by molar-refractivity contribution is 0.617. The standard InChI is InChI=1S/C40H28N2O2/c1-40(2)33-16-10-9-15-29(33)30-19-17-28(22-34(30)40)42(26-13-7-4-8-14-26)27-18-20-36-31(21-27)32-23-35-38(24-37(32)43-36)44-39(41-35)25-11-5-3-6-12-25/h3-24H,1-2H3. The Morgan fingerprint density at radius 1 is 0.523 bits per heavy atom. The molecular formula is C40H28N2O2. The summed E-state index contributed by atoms with van der Waals surface area (Å²) in [6.45, 7) is 4.65. The van der Waals surface area contributed by atoms with Crippen LogP contribution in [0.15, 0.2) is 142 Å². The third-order valence-corrected chi connectivity index (χ3v) is 9.08. The summed E-state index contributed by atoms with van der Waals surface area (Å²) < 4.78 is 12.5. The Kier molecular flexibility index (Phi) is 5.21. The second-order valence-electron chi connectivity index (χ2n) is 12.1. The van der Waals surface area contributed by atoms with E-state index in [2.05, 4.69) is 116 Å². The lowest BCUT2D eigenvalue weighted by atomic mass is 9.82. The first kappa shape index (κ1) is 24.9. The van der Waals surface area contributed by atoms with Gasteiger partial charge >= 0.3 is 0 Å². The van der Waals surface area contributed by atoms with Crippen molar-refractivity contribution in [3.8, 4) is 22.6 Å². The molecule has 44 heavy (non-hydrogen) atoms. The van der Waals surface area contributed by atoms with E-state index in [0.29, 0.717) is 11.5 Å². The quantitative estimate of drug-likeness (QED) is 0.212. The summed E-state index contributed by atoms with van der Waals surface area (Å²) in [5.74, 6) is 0.607. The molecule has 0 N–H and O–H groups in total. The van der Waals surface area contributed by atoms with E-state index in [9.17, 15) is 0 Å². The van der Waals surface area contributed by atoms with Gasteiger partial charge in [0.1, 0.15) is 16.7 Å². The van der Waals surface area contributed by atoms with Gasteiger partial charge in [-0.1, -0.05) is 80.6 Å². The summed E-state index contributed by atoms with van der Waals surface area (Å²) in [7, 11) is 0. The number of oxazole rings is 1. The maximum atomic E-state index is 6.34. The average molecular weight is 569 g/mol. The Balaban J connectivity index is 1.21. The van der Waals surface area contributed by atoms with Crippen molar-refractivity contribution < 1.29 is 8.83 Å². The van der Waals surface area contributed by atoms with Crippen molar-refractivity contribution in [2.45, 2.75) is 19.3 Å². The molecule has 0 bridgehead atoms. The van der Waals surface area contributed by atoms with Crippen LogP contribution in [0.5, 0.6) is 0 Å². The van der Waals surface area contributed by atoms with E-state index < -0.39 is 0 Å². The van der Waals surface area contributed by atoms with Gasteiger partial charge in [-0.25, -0.2) is 4.98 Å². The van der Waals surface area contributed by atoms with E-state index in [1.54, 1.807) is 0 Å². The fourth-order valence-corrected chi connectivity index (χ4v) is 6.88. The van der Waals surface area contributed by atoms with Crippen LogP contribution in [0.25, 0.3) is 55.6 Å². The van der Waals surface area contributed by atoms with Gasteiger partial charge in [-0.3, -0.25) is 0 Å². The van der Waals surface area contributed by atoms with Crippen LogP contribution in [0.3, 0.4) is 0 Å². The average Bonchev–Trinajstić information content (AvgIpc) is 3.71. The van der Waals surface area contributed by atoms with Gasteiger partial charge in [0.25, 0.3) is 0 Å². The van der Waals surface area contributed by atoms with Crippen LogP contribution in [0.2, 0.25) is 0 Å². The summed E-state index contributed by atoms with van der Waals surface area (Å²) in [4.78, 5) is 7.15. The molecule has 1 aliphatic carbocycles. The molecule has 0 unspecified atom stereocenters. The molecule has 0 radical (unpaired) electrons. The molecule has 2 heterocycles. The van der Waals surface area contributed by atoms with Crippen molar-refractivity contribution in [2.24, 2.45) is 0 Å². The molecule has 210 valence electrons. The number of rotatable bonds is 4. The van der Waals surface area contributed by atoms with Crippen molar-refractivity contribution in [1.82, 2.24) is 4.98 Å². The minimum Gasteiger partial charge on any atom is -0.456 e. The number of furan rings is 1. The molecule has 0 saturated carbocycles. The Morgan fingerprint density at radius 2 is 1.20 bits per heavy atom. The predicted molar refractivity (Wildman–Crippen MR) is 179 cm³/mol. The van der Waals surface area contributed by atoms with Crippen molar-refractivity contribution in [1.29, 1.82) is 0 Å². The number of anilines is 3. The molecule has 0 fully saturated rings. The highest BCUT2D eigenvalue weighted by molar-refractivity contribution is 6.10. The molecule has 4 heteroatoms. The monoisotopic (exact) mass is 568 g/mol. The van der Waals surface area contributed by atoms with Crippen LogP contribution in [-0.2, 0) is 5.41 Å². The van der Waals surface area contributed by atoms with Gasteiger partial charge in [-0.2, -0.15) is 0 Å². The number of benzene rings is 6. The highest BCUT2D eigenvalue weighted by atomic mass is 16.4. The molecule has 9 rings (SSSR count). The van der Waals surface area contributed by atoms with E-state index in [1.807, 2.05) is 36.4 Å². The topological polar surface area (TPSA) is 42.4 Å². The minimum absolute atomic E-state index is 0.0867. The van der Waals surface area contributed by atoms with E-state index in [-0.39, 0.29) is 5.41 Å². The van der Waals surface area contributed by atoms with Crippen LogP contribution in [0.4, 0.5) is 17.1 Å². The smallest absolute Gasteiger partial charge is 0.227 e. The maximum Gasteiger partial charge on any atom is 0.227 e. The molecule has 8 aromatic rings. The fourth-order valence-electron chi connectivity index (χ4n) is 6.88. The Hall–Kier alpha value is -5.61. The Bertz CT molecular complexity index is 2360. The largest absolute Gasteiger partial charge is 0.456 e. The minimum atomic E-state index is -0.0867. The molecule has 0 spiro atoms. The number of fused-ring (bicyclic) bond motifs is 7. The van der Waals surface area contributed by atoms with Gasteiger partial charge in [0.15, 0.2) is 5.58 Å². The van der Waals surface area contributed by atoms with E-state index in [0.717, 1.165) is 50.1 Å². The van der Waals surface area contributed by atoms with Crippen molar-refractivity contribution >= 4 is 50.1 Å². The van der Waals surface area contributed by atoms with Crippen LogP contribution in [0.1, 0.15) is 25.0 Å². The molecule has 0 amide bonds. The summed E-state index contributed by atoms with van der Waals surface area (Å²) in [5.41, 5.74) is 12.6. The molecule has 0 saturated heterocycles. The first-order valence-electron chi connectivity index (χ1n) is 15.0. The molecule has 6 aromatic carbocycles. The van der Waals surface area contributed by atoms with Gasteiger partial charge in [-0.05, 0) is 82.9 Å². The molecule has 4 nitrogen and oxygen atoms in total. The third kappa shape index (κ3) is 3.67. The lowest BCUT2D eigenvalue weighted by Crippen LogP contribution is -2.16. The molecule has 0 aliphatic heterocycles. The second-order valence-corrected chi connectivity index (χ2v) is 12.1. The summed E-state index contributed by atoms with van der Waals surface area (Å²) in [6, 6.07) is 46.7. The van der Waals surface area contributed by atoms with E-state index in [1.165, 1.54) is 22.3 Å². The Labute approximate surface area is 254 Å². The van der Waals surface area contributed by atoms with Crippen molar-refractivity contribution in [3.63, 3.8) is 0 Å².